The first-order chi connectivity index (χ1) is 14.3. The molecule has 0 saturated heterocycles. The first-order valence-corrected chi connectivity index (χ1v) is 10.6. The van der Waals surface area contributed by atoms with Crippen molar-refractivity contribution < 1.29 is 23.1 Å². The minimum atomic E-state index is -4.03. The van der Waals surface area contributed by atoms with Gasteiger partial charge in [0.15, 0.2) is 10.0 Å². The van der Waals surface area contributed by atoms with Crippen LogP contribution in [0.2, 0.25) is 0 Å². The fourth-order valence-electron chi connectivity index (χ4n) is 2.30. The van der Waals surface area contributed by atoms with E-state index in [2.05, 4.69) is 21.5 Å². The van der Waals surface area contributed by atoms with Crippen LogP contribution in [-0.2, 0) is 10.0 Å². The van der Waals surface area contributed by atoms with Gasteiger partial charge in [-0.05, 0) is 48.4 Å². The van der Waals surface area contributed by atoms with Gasteiger partial charge in [0.1, 0.15) is 5.75 Å². The predicted octanol–water partition coefficient (Wildman–Crippen LogP) is 2.92. The number of hydrogen-bond donors (Lipinski definition) is 2. The van der Waals surface area contributed by atoms with E-state index in [9.17, 15) is 13.2 Å². The highest BCUT2D eigenvalue weighted by Crippen LogP contribution is 2.28. The van der Waals surface area contributed by atoms with Crippen molar-refractivity contribution in [1.29, 1.82) is 5.26 Å². The van der Waals surface area contributed by atoms with Crippen LogP contribution < -0.4 is 9.46 Å². The SMILES string of the molecule is COc1cc(C(=O)O)ccc1NS(=O)(=O)c1csc(C#Cc2ccc(C#N)cc2)n1. The molecule has 0 aliphatic heterocycles. The van der Waals surface area contributed by atoms with E-state index in [1.165, 1.54) is 30.7 Å². The third kappa shape index (κ3) is 4.75. The summed E-state index contributed by atoms with van der Waals surface area (Å²) in [7, 11) is -2.73. The maximum Gasteiger partial charge on any atom is 0.335 e. The minimum absolute atomic E-state index is 0.0381. The number of aromatic carboxylic acids is 1. The average molecular weight is 439 g/mol. The Morgan fingerprint density at radius 1 is 1.17 bits per heavy atom. The molecule has 0 fully saturated rings. The zero-order chi connectivity index (χ0) is 21.7. The number of carboxylic acid groups (broad SMARTS) is 1. The van der Waals surface area contributed by atoms with Gasteiger partial charge in [0.25, 0.3) is 10.0 Å². The highest BCUT2D eigenvalue weighted by Gasteiger charge is 2.20. The largest absolute Gasteiger partial charge is 0.495 e. The monoisotopic (exact) mass is 439 g/mol. The highest BCUT2D eigenvalue weighted by molar-refractivity contribution is 7.92. The van der Waals surface area contributed by atoms with Crippen LogP contribution in [0.15, 0.2) is 52.9 Å². The number of ether oxygens (including phenoxy) is 1. The van der Waals surface area contributed by atoms with Gasteiger partial charge in [-0.3, -0.25) is 4.72 Å². The predicted molar refractivity (Wildman–Crippen MR) is 110 cm³/mol. The summed E-state index contributed by atoms with van der Waals surface area (Å²) >= 11 is 1.06. The molecule has 1 aromatic heterocycles. The molecule has 150 valence electrons. The van der Waals surface area contributed by atoms with Crippen molar-refractivity contribution in [3.63, 3.8) is 0 Å². The van der Waals surface area contributed by atoms with Crippen LogP contribution in [0.25, 0.3) is 0 Å². The lowest BCUT2D eigenvalue weighted by atomic mass is 10.1. The number of rotatable bonds is 5. The number of nitriles is 1. The van der Waals surface area contributed by atoms with Gasteiger partial charge in [0.2, 0.25) is 0 Å². The molecule has 3 aromatic rings. The molecule has 0 aliphatic rings. The molecule has 8 nitrogen and oxygen atoms in total. The van der Waals surface area contributed by atoms with Crippen molar-refractivity contribution in [2.24, 2.45) is 0 Å². The number of methoxy groups -OCH3 is 1. The summed E-state index contributed by atoms with van der Waals surface area (Å²) in [5, 5.41) is 19.3. The van der Waals surface area contributed by atoms with Gasteiger partial charge in [0, 0.05) is 10.9 Å². The number of carbonyl (C=O) groups is 1. The molecule has 0 atom stereocenters. The lowest BCUT2D eigenvalue weighted by molar-refractivity contribution is 0.0696. The third-order valence-electron chi connectivity index (χ3n) is 3.78. The molecule has 0 spiro atoms. The molecule has 30 heavy (non-hydrogen) atoms. The topological polar surface area (TPSA) is 129 Å². The lowest BCUT2D eigenvalue weighted by Crippen LogP contribution is -2.14. The number of hydrogen-bond acceptors (Lipinski definition) is 7. The van der Waals surface area contributed by atoms with Crippen LogP contribution in [0.3, 0.4) is 0 Å². The third-order valence-corrected chi connectivity index (χ3v) is 5.93. The van der Waals surface area contributed by atoms with Crippen molar-refractivity contribution in [2.75, 3.05) is 11.8 Å². The summed E-state index contributed by atoms with van der Waals surface area (Å²) in [4.78, 5) is 15.1. The quantitative estimate of drug-likeness (QED) is 0.585. The Morgan fingerprint density at radius 2 is 1.87 bits per heavy atom. The van der Waals surface area contributed by atoms with Gasteiger partial charge in [-0.25, -0.2) is 9.78 Å². The van der Waals surface area contributed by atoms with Crippen molar-refractivity contribution >= 4 is 33.0 Å². The lowest BCUT2D eigenvalue weighted by Gasteiger charge is -2.11. The molecule has 0 radical (unpaired) electrons. The van der Waals surface area contributed by atoms with Gasteiger partial charge in [-0.15, -0.1) is 11.3 Å². The summed E-state index contributed by atoms with van der Waals surface area (Å²) in [5.41, 5.74) is 1.22. The number of sulfonamides is 1. The molecule has 1 heterocycles. The highest BCUT2D eigenvalue weighted by atomic mass is 32.2. The fourth-order valence-corrected chi connectivity index (χ4v) is 4.31. The molecule has 0 saturated carbocycles. The van der Waals surface area contributed by atoms with E-state index in [-0.39, 0.29) is 22.0 Å². The smallest absolute Gasteiger partial charge is 0.335 e. The molecule has 2 aromatic carbocycles. The molecule has 3 rings (SSSR count). The van der Waals surface area contributed by atoms with Crippen LogP contribution in [0.5, 0.6) is 5.75 Å². The van der Waals surface area contributed by atoms with E-state index in [1.54, 1.807) is 24.3 Å². The van der Waals surface area contributed by atoms with Crippen molar-refractivity contribution in [3.05, 3.63) is 69.5 Å². The van der Waals surface area contributed by atoms with E-state index >= 15 is 0 Å². The normalized spacial score (nSPS) is 10.4. The van der Waals surface area contributed by atoms with Crippen molar-refractivity contribution in [2.45, 2.75) is 5.03 Å². The number of thiazole rings is 1. The van der Waals surface area contributed by atoms with Crippen molar-refractivity contribution in [1.82, 2.24) is 4.98 Å². The Bertz CT molecular complexity index is 1310. The first-order valence-electron chi connectivity index (χ1n) is 8.24. The summed E-state index contributed by atoms with van der Waals surface area (Å²) < 4.78 is 32.7. The Kier molecular flexibility index (Phi) is 6.02. The minimum Gasteiger partial charge on any atom is -0.495 e. The maximum absolute atomic E-state index is 12.6. The Labute approximate surface area is 176 Å². The Balaban J connectivity index is 1.82. The number of carboxylic acids is 1. The van der Waals surface area contributed by atoms with Gasteiger partial charge < -0.3 is 9.84 Å². The van der Waals surface area contributed by atoms with Gasteiger partial charge in [0.05, 0.1) is 30.0 Å². The van der Waals surface area contributed by atoms with Crippen LogP contribution in [0, 0.1) is 23.2 Å². The second-order valence-electron chi connectivity index (χ2n) is 5.76. The molecule has 0 bridgehead atoms. The first kappa shape index (κ1) is 20.9. The van der Waals surface area contributed by atoms with Gasteiger partial charge in [-0.2, -0.15) is 13.7 Å². The molecule has 10 heteroatoms. The summed E-state index contributed by atoms with van der Waals surface area (Å²) in [5.74, 6) is 4.55. The second kappa shape index (κ2) is 8.66. The summed E-state index contributed by atoms with van der Waals surface area (Å²) in [6, 6.07) is 12.4. The Morgan fingerprint density at radius 3 is 2.50 bits per heavy atom. The number of nitrogens with zero attached hydrogens (tertiary/aromatic N) is 2. The average Bonchev–Trinajstić information content (AvgIpc) is 3.22. The maximum atomic E-state index is 12.6. The second-order valence-corrected chi connectivity index (χ2v) is 8.24. The van der Waals surface area contributed by atoms with Gasteiger partial charge in [-0.1, -0.05) is 5.92 Å². The molecule has 0 unspecified atom stereocenters. The van der Waals surface area contributed by atoms with E-state index in [1.807, 2.05) is 6.07 Å². The molecular formula is C20H13N3O5S2. The van der Waals surface area contributed by atoms with Crippen LogP contribution >= 0.6 is 11.3 Å². The van der Waals surface area contributed by atoms with E-state index in [4.69, 9.17) is 15.1 Å². The molecule has 0 aliphatic carbocycles. The number of anilines is 1. The number of benzene rings is 2. The molecular weight excluding hydrogens is 426 g/mol. The Hall–Kier alpha value is -3.86. The van der Waals surface area contributed by atoms with Crippen LogP contribution in [-0.4, -0.2) is 31.6 Å². The fraction of sp³-hybridized carbons (Fsp3) is 0.0500. The molecule has 0 amide bonds. The molecule has 2 N–H and O–H groups in total. The number of nitrogens with one attached hydrogen (secondary N) is 1. The number of aromatic nitrogens is 1. The van der Waals surface area contributed by atoms with Gasteiger partial charge >= 0.3 is 5.97 Å². The van der Waals surface area contributed by atoms with E-state index < -0.39 is 16.0 Å². The zero-order valence-electron chi connectivity index (χ0n) is 15.4. The van der Waals surface area contributed by atoms with Crippen molar-refractivity contribution in [3.8, 4) is 23.7 Å². The van der Waals surface area contributed by atoms with E-state index in [0.29, 0.717) is 16.1 Å². The van der Waals surface area contributed by atoms with E-state index in [0.717, 1.165) is 11.3 Å². The van der Waals surface area contributed by atoms with Crippen LogP contribution in [0.1, 0.15) is 26.5 Å². The summed E-state index contributed by atoms with van der Waals surface area (Å²) in [6.07, 6.45) is 0. The summed E-state index contributed by atoms with van der Waals surface area (Å²) in [6.45, 7) is 0. The van der Waals surface area contributed by atoms with Crippen LogP contribution in [0.4, 0.5) is 5.69 Å². The zero-order valence-corrected chi connectivity index (χ0v) is 17.0. The standard InChI is InChI=1S/C20H13N3O5S2/c1-28-17-10-15(20(24)25)7-8-16(17)23-30(26,27)19-12-29-18(22-19)9-6-13-2-4-14(11-21)5-3-13/h2-5,7-8,10,12,23H,1H3,(H,24,25).